The Morgan fingerprint density at radius 3 is 2.88 bits per heavy atom. The third-order valence-corrected chi connectivity index (χ3v) is 3.89. The summed E-state index contributed by atoms with van der Waals surface area (Å²) in [6, 6.07) is 12.3. The van der Waals surface area contributed by atoms with E-state index in [0.717, 1.165) is 17.5 Å². The van der Waals surface area contributed by atoms with E-state index in [1.165, 1.54) is 6.07 Å². The molecule has 0 saturated carbocycles. The minimum absolute atomic E-state index is 0.0566. The number of hydrogen-bond acceptors (Lipinski definition) is 5. The van der Waals surface area contributed by atoms with Crippen molar-refractivity contribution in [2.75, 3.05) is 25.5 Å². The van der Waals surface area contributed by atoms with E-state index in [1.54, 1.807) is 42.5 Å². The van der Waals surface area contributed by atoms with Crippen molar-refractivity contribution >= 4 is 22.6 Å². The highest BCUT2D eigenvalue weighted by atomic mass is 16.4. The van der Waals surface area contributed by atoms with Gasteiger partial charge in [0.05, 0.1) is 11.3 Å². The molecule has 0 saturated heterocycles. The molecule has 1 N–H and O–H groups in total. The topological polar surface area (TPSA) is 75.4 Å². The first kappa shape index (κ1) is 16.7. The van der Waals surface area contributed by atoms with Crippen LogP contribution < -0.4 is 10.9 Å². The first-order valence-electron chi connectivity index (χ1n) is 8.07. The summed E-state index contributed by atoms with van der Waals surface area (Å²) in [5.74, 6) is -0.0566. The molecule has 1 amide bonds. The van der Waals surface area contributed by atoms with Gasteiger partial charge in [-0.05, 0) is 30.7 Å². The van der Waals surface area contributed by atoms with Gasteiger partial charge in [0.15, 0.2) is 0 Å². The van der Waals surface area contributed by atoms with E-state index in [2.05, 4.69) is 10.3 Å². The van der Waals surface area contributed by atoms with Gasteiger partial charge < -0.3 is 14.6 Å². The molecule has 0 aliphatic rings. The van der Waals surface area contributed by atoms with Crippen LogP contribution in [0, 0.1) is 0 Å². The van der Waals surface area contributed by atoms with Gasteiger partial charge >= 0.3 is 5.63 Å². The number of rotatable bonds is 6. The fourth-order valence-corrected chi connectivity index (χ4v) is 2.61. The molecule has 128 valence electrons. The third-order valence-electron chi connectivity index (χ3n) is 3.89. The maximum atomic E-state index is 12.2. The lowest BCUT2D eigenvalue weighted by atomic mass is 10.2. The zero-order chi connectivity index (χ0) is 17.6. The quantitative estimate of drug-likeness (QED) is 0.553. The Labute approximate surface area is 145 Å². The SMILES string of the molecule is CN(CCCNc1cc(=O)oc2ccccc12)C(=O)c1cccnc1. The molecule has 0 unspecified atom stereocenters. The number of benzene rings is 1. The molecule has 6 nitrogen and oxygen atoms in total. The maximum Gasteiger partial charge on any atom is 0.338 e. The standard InChI is InChI=1S/C19H19N3O3/c1-22(19(24)14-6-4-9-20-13-14)11-5-10-21-16-12-18(23)25-17-8-3-2-7-15(16)17/h2-4,6-9,12-13,21H,5,10-11H2,1H3. The van der Waals surface area contributed by atoms with E-state index in [0.29, 0.717) is 24.2 Å². The van der Waals surface area contributed by atoms with E-state index in [4.69, 9.17) is 4.42 Å². The van der Waals surface area contributed by atoms with Gasteiger partial charge in [0, 0.05) is 44.0 Å². The Balaban J connectivity index is 1.57. The molecule has 0 aliphatic carbocycles. The molecule has 25 heavy (non-hydrogen) atoms. The van der Waals surface area contributed by atoms with Crippen LogP contribution >= 0.6 is 0 Å². The van der Waals surface area contributed by atoms with Crippen LogP contribution in [0.2, 0.25) is 0 Å². The number of pyridine rings is 1. The molecule has 0 radical (unpaired) electrons. The first-order valence-corrected chi connectivity index (χ1v) is 8.07. The van der Waals surface area contributed by atoms with E-state index < -0.39 is 0 Å². The lowest BCUT2D eigenvalue weighted by molar-refractivity contribution is 0.0794. The zero-order valence-corrected chi connectivity index (χ0v) is 13.9. The van der Waals surface area contributed by atoms with Crippen LogP contribution in [0.25, 0.3) is 11.0 Å². The van der Waals surface area contributed by atoms with Crippen LogP contribution in [-0.4, -0.2) is 35.9 Å². The predicted molar refractivity (Wildman–Crippen MR) is 96.8 cm³/mol. The Bertz CT molecular complexity index is 922. The van der Waals surface area contributed by atoms with E-state index in [9.17, 15) is 9.59 Å². The second-order valence-electron chi connectivity index (χ2n) is 5.72. The van der Waals surface area contributed by atoms with Gasteiger partial charge in [0.25, 0.3) is 5.91 Å². The molecule has 3 rings (SSSR count). The number of para-hydroxylation sites is 1. The van der Waals surface area contributed by atoms with Crippen molar-refractivity contribution in [3.63, 3.8) is 0 Å². The summed E-state index contributed by atoms with van der Waals surface area (Å²) in [7, 11) is 1.77. The molecule has 0 aliphatic heterocycles. The monoisotopic (exact) mass is 337 g/mol. The van der Waals surface area contributed by atoms with Crippen LogP contribution in [0.1, 0.15) is 16.8 Å². The molecule has 3 aromatic rings. The number of carbonyl (C=O) groups is 1. The van der Waals surface area contributed by atoms with Crippen LogP contribution in [-0.2, 0) is 0 Å². The van der Waals surface area contributed by atoms with E-state index >= 15 is 0 Å². The van der Waals surface area contributed by atoms with Crippen molar-refractivity contribution in [3.05, 3.63) is 70.8 Å². The van der Waals surface area contributed by atoms with Gasteiger partial charge in [-0.15, -0.1) is 0 Å². The summed E-state index contributed by atoms with van der Waals surface area (Å²) in [6.45, 7) is 1.23. The van der Waals surface area contributed by atoms with Gasteiger partial charge in [0.1, 0.15) is 5.58 Å². The van der Waals surface area contributed by atoms with Gasteiger partial charge in [0.2, 0.25) is 0 Å². The number of anilines is 1. The number of fused-ring (bicyclic) bond motifs is 1. The van der Waals surface area contributed by atoms with Crippen molar-refractivity contribution in [1.82, 2.24) is 9.88 Å². The second-order valence-corrected chi connectivity index (χ2v) is 5.72. The van der Waals surface area contributed by atoms with Gasteiger partial charge in [-0.2, -0.15) is 0 Å². The molecule has 2 heterocycles. The fourth-order valence-electron chi connectivity index (χ4n) is 2.61. The van der Waals surface area contributed by atoms with Gasteiger partial charge in [-0.1, -0.05) is 12.1 Å². The molecule has 0 spiro atoms. The highest BCUT2D eigenvalue weighted by Gasteiger charge is 2.11. The van der Waals surface area contributed by atoms with Crippen molar-refractivity contribution in [2.24, 2.45) is 0 Å². The molecule has 6 heteroatoms. The predicted octanol–water partition coefficient (Wildman–Crippen LogP) is 2.76. The van der Waals surface area contributed by atoms with Crippen LogP contribution in [0.3, 0.4) is 0 Å². The van der Waals surface area contributed by atoms with E-state index in [-0.39, 0.29) is 11.5 Å². The van der Waals surface area contributed by atoms with Crippen LogP contribution in [0.5, 0.6) is 0 Å². The zero-order valence-electron chi connectivity index (χ0n) is 13.9. The summed E-state index contributed by atoms with van der Waals surface area (Å²) in [6.07, 6.45) is 3.95. The number of amides is 1. The maximum absolute atomic E-state index is 12.2. The number of aromatic nitrogens is 1. The molecule has 1 aromatic carbocycles. The van der Waals surface area contributed by atoms with Gasteiger partial charge in [-0.3, -0.25) is 9.78 Å². The van der Waals surface area contributed by atoms with Crippen molar-refractivity contribution in [3.8, 4) is 0 Å². The van der Waals surface area contributed by atoms with Crippen LogP contribution in [0.15, 0.2) is 64.1 Å². The average Bonchev–Trinajstić information content (AvgIpc) is 2.64. The Morgan fingerprint density at radius 1 is 1.24 bits per heavy atom. The summed E-state index contributed by atoms with van der Waals surface area (Å²) in [5, 5.41) is 4.12. The normalized spacial score (nSPS) is 10.6. The minimum Gasteiger partial charge on any atom is -0.423 e. The summed E-state index contributed by atoms with van der Waals surface area (Å²) < 4.78 is 5.17. The highest BCUT2D eigenvalue weighted by Crippen LogP contribution is 2.20. The minimum atomic E-state index is -0.384. The number of carbonyl (C=O) groups excluding carboxylic acids is 1. The lowest BCUT2D eigenvalue weighted by Gasteiger charge is -2.17. The number of nitrogens with one attached hydrogen (secondary N) is 1. The second kappa shape index (κ2) is 7.61. The Hall–Kier alpha value is -3.15. The van der Waals surface area contributed by atoms with Crippen molar-refractivity contribution < 1.29 is 9.21 Å². The molecular weight excluding hydrogens is 318 g/mol. The summed E-state index contributed by atoms with van der Waals surface area (Å²) in [5.41, 5.74) is 1.49. The number of nitrogens with zero attached hydrogens (tertiary/aromatic N) is 2. The van der Waals surface area contributed by atoms with Crippen LogP contribution in [0.4, 0.5) is 5.69 Å². The van der Waals surface area contributed by atoms with Crippen molar-refractivity contribution in [2.45, 2.75) is 6.42 Å². The molecular formula is C19H19N3O3. The van der Waals surface area contributed by atoms with Crippen molar-refractivity contribution in [1.29, 1.82) is 0 Å². The number of hydrogen-bond donors (Lipinski definition) is 1. The molecule has 2 aromatic heterocycles. The lowest BCUT2D eigenvalue weighted by Crippen LogP contribution is -2.28. The molecule has 0 bridgehead atoms. The van der Waals surface area contributed by atoms with Gasteiger partial charge in [-0.25, -0.2) is 4.79 Å². The largest absolute Gasteiger partial charge is 0.423 e. The fraction of sp³-hybridized carbons (Fsp3) is 0.211. The summed E-state index contributed by atoms with van der Waals surface area (Å²) in [4.78, 5) is 29.5. The Morgan fingerprint density at radius 2 is 2.08 bits per heavy atom. The van der Waals surface area contributed by atoms with E-state index in [1.807, 2.05) is 18.2 Å². The first-order chi connectivity index (χ1) is 12.1. The average molecular weight is 337 g/mol. The third kappa shape index (κ3) is 4.03. The smallest absolute Gasteiger partial charge is 0.338 e. The summed E-state index contributed by atoms with van der Waals surface area (Å²) >= 11 is 0. The molecule has 0 atom stereocenters. The molecule has 0 fully saturated rings. The Kier molecular flexibility index (Phi) is 5.09. The highest BCUT2D eigenvalue weighted by molar-refractivity contribution is 5.93.